The maximum atomic E-state index is 12.0. The fraction of sp³-hybridized carbons (Fsp3) is 0.200. The van der Waals surface area contributed by atoms with Crippen molar-refractivity contribution in [1.82, 2.24) is 4.98 Å². The van der Waals surface area contributed by atoms with Crippen molar-refractivity contribution in [1.29, 1.82) is 0 Å². The van der Waals surface area contributed by atoms with Crippen LogP contribution in [-0.2, 0) is 22.6 Å². The van der Waals surface area contributed by atoms with Crippen molar-refractivity contribution in [3.63, 3.8) is 0 Å². The number of benzene rings is 2. The fourth-order valence-corrected chi connectivity index (χ4v) is 3.02. The Kier molecular flexibility index (Phi) is 5.86. The lowest BCUT2D eigenvalue weighted by atomic mass is 10.1. The molecule has 1 heterocycles. The second-order valence-electron chi connectivity index (χ2n) is 5.82. The van der Waals surface area contributed by atoms with Crippen LogP contribution in [0.15, 0.2) is 53.9 Å². The lowest BCUT2D eigenvalue weighted by Gasteiger charge is -2.05. The van der Waals surface area contributed by atoms with Crippen molar-refractivity contribution in [2.24, 2.45) is 0 Å². The van der Waals surface area contributed by atoms with Gasteiger partial charge in [-0.25, -0.2) is 4.98 Å². The van der Waals surface area contributed by atoms with Gasteiger partial charge in [0.1, 0.15) is 12.4 Å². The molecule has 1 aromatic heterocycles. The van der Waals surface area contributed by atoms with Crippen molar-refractivity contribution < 1.29 is 14.3 Å². The van der Waals surface area contributed by atoms with E-state index in [-0.39, 0.29) is 19.0 Å². The number of carbonyl (C=O) groups excluding carboxylic acids is 1. The van der Waals surface area contributed by atoms with Crippen molar-refractivity contribution in [3.8, 4) is 5.75 Å². The summed E-state index contributed by atoms with van der Waals surface area (Å²) in [6.45, 7) is 2.19. The first kappa shape index (κ1) is 17.9. The number of methoxy groups -OCH3 is 1. The van der Waals surface area contributed by atoms with E-state index in [2.05, 4.69) is 10.3 Å². The molecule has 0 unspecified atom stereocenters. The van der Waals surface area contributed by atoms with Crippen molar-refractivity contribution in [2.45, 2.75) is 20.0 Å². The largest absolute Gasteiger partial charge is 0.497 e. The van der Waals surface area contributed by atoms with Gasteiger partial charge >= 0.3 is 5.97 Å². The summed E-state index contributed by atoms with van der Waals surface area (Å²) in [4.78, 5) is 16.4. The van der Waals surface area contributed by atoms with Crippen molar-refractivity contribution >= 4 is 28.1 Å². The Morgan fingerprint density at radius 1 is 1.12 bits per heavy atom. The number of ether oxygens (including phenoxy) is 2. The van der Waals surface area contributed by atoms with E-state index in [0.29, 0.717) is 0 Å². The van der Waals surface area contributed by atoms with Crippen LogP contribution in [0, 0.1) is 6.92 Å². The van der Waals surface area contributed by atoms with Crippen LogP contribution in [0.4, 0.5) is 10.8 Å². The van der Waals surface area contributed by atoms with Crippen LogP contribution in [0.2, 0.25) is 0 Å². The highest BCUT2D eigenvalue weighted by Gasteiger charge is 2.08. The van der Waals surface area contributed by atoms with Gasteiger partial charge in [-0.3, -0.25) is 4.79 Å². The fourth-order valence-electron chi connectivity index (χ4n) is 2.31. The maximum Gasteiger partial charge on any atom is 0.310 e. The number of hydrogen-bond acceptors (Lipinski definition) is 6. The van der Waals surface area contributed by atoms with E-state index in [9.17, 15) is 4.79 Å². The molecule has 2 aromatic carbocycles. The highest BCUT2D eigenvalue weighted by molar-refractivity contribution is 7.13. The third-order valence-corrected chi connectivity index (χ3v) is 4.55. The van der Waals surface area contributed by atoms with Crippen molar-refractivity contribution in [2.75, 3.05) is 12.4 Å². The van der Waals surface area contributed by atoms with Gasteiger partial charge in [0, 0.05) is 11.1 Å². The predicted molar refractivity (Wildman–Crippen MR) is 103 cm³/mol. The molecule has 0 saturated carbocycles. The number of aromatic nitrogens is 1. The van der Waals surface area contributed by atoms with Gasteiger partial charge in [-0.1, -0.05) is 29.8 Å². The summed E-state index contributed by atoms with van der Waals surface area (Å²) >= 11 is 1.47. The zero-order chi connectivity index (χ0) is 18.4. The Morgan fingerprint density at radius 2 is 1.85 bits per heavy atom. The number of esters is 1. The van der Waals surface area contributed by atoms with Crippen LogP contribution in [0.1, 0.15) is 16.8 Å². The van der Waals surface area contributed by atoms with E-state index < -0.39 is 0 Å². The summed E-state index contributed by atoms with van der Waals surface area (Å²) in [5.41, 5.74) is 3.76. The normalized spacial score (nSPS) is 10.4. The minimum atomic E-state index is -0.258. The molecule has 0 spiro atoms. The van der Waals surface area contributed by atoms with Gasteiger partial charge in [0.15, 0.2) is 5.13 Å². The molecule has 0 aliphatic heterocycles. The first-order valence-corrected chi connectivity index (χ1v) is 9.07. The van der Waals surface area contributed by atoms with Gasteiger partial charge in [-0.2, -0.15) is 0 Å². The zero-order valence-electron chi connectivity index (χ0n) is 14.7. The number of hydrogen-bond donors (Lipinski definition) is 1. The third kappa shape index (κ3) is 5.07. The van der Waals surface area contributed by atoms with E-state index in [1.807, 2.05) is 60.8 Å². The van der Waals surface area contributed by atoms with Gasteiger partial charge in [-0.05, 0) is 36.8 Å². The van der Waals surface area contributed by atoms with Gasteiger partial charge in [0.2, 0.25) is 0 Å². The SMILES string of the molecule is COc1ccc(Nc2nc(COC(=O)Cc3ccc(C)cc3)cs2)cc1. The first-order chi connectivity index (χ1) is 12.6. The molecule has 26 heavy (non-hydrogen) atoms. The molecule has 0 aliphatic carbocycles. The van der Waals surface area contributed by atoms with E-state index in [1.54, 1.807) is 7.11 Å². The summed E-state index contributed by atoms with van der Waals surface area (Å²) < 4.78 is 10.5. The number of anilines is 2. The summed E-state index contributed by atoms with van der Waals surface area (Å²) in [6, 6.07) is 15.4. The number of rotatable bonds is 7. The number of carbonyl (C=O) groups is 1. The molecule has 3 aromatic rings. The minimum absolute atomic E-state index is 0.172. The topological polar surface area (TPSA) is 60.4 Å². The molecular formula is C20H20N2O3S. The molecule has 0 radical (unpaired) electrons. The van der Waals surface area contributed by atoms with Crippen LogP contribution in [0.3, 0.4) is 0 Å². The van der Waals surface area contributed by atoms with Crippen molar-refractivity contribution in [3.05, 3.63) is 70.7 Å². The molecule has 1 N–H and O–H groups in total. The quantitative estimate of drug-likeness (QED) is 0.623. The van der Waals surface area contributed by atoms with Gasteiger partial charge in [-0.15, -0.1) is 11.3 Å². The van der Waals surface area contributed by atoms with Gasteiger partial charge in [0.25, 0.3) is 0 Å². The van der Waals surface area contributed by atoms with Gasteiger partial charge < -0.3 is 14.8 Å². The summed E-state index contributed by atoms with van der Waals surface area (Å²) in [7, 11) is 1.63. The van der Waals surface area contributed by atoms with E-state index in [1.165, 1.54) is 16.9 Å². The van der Waals surface area contributed by atoms with Crippen LogP contribution in [-0.4, -0.2) is 18.1 Å². The lowest BCUT2D eigenvalue weighted by molar-refractivity contribution is -0.144. The smallest absolute Gasteiger partial charge is 0.310 e. The number of thiazole rings is 1. The highest BCUT2D eigenvalue weighted by atomic mass is 32.1. The predicted octanol–water partition coefficient (Wildman–Crippen LogP) is 4.49. The van der Waals surface area contributed by atoms with E-state index >= 15 is 0 Å². The molecule has 0 saturated heterocycles. The average Bonchev–Trinajstić information content (AvgIpc) is 3.10. The first-order valence-electron chi connectivity index (χ1n) is 8.19. The Hall–Kier alpha value is -2.86. The van der Waals surface area contributed by atoms with Crippen LogP contribution in [0.5, 0.6) is 5.75 Å². The monoisotopic (exact) mass is 368 g/mol. The third-order valence-electron chi connectivity index (χ3n) is 3.74. The minimum Gasteiger partial charge on any atom is -0.497 e. The Balaban J connectivity index is 1.49. The molecule has 5 nitrogen and oxygen atoms in total. The summed E-state index contributed by atoms with van der Waals surface area (Å²) in [5, 5.41) is 5.85. The van der Waals surface area contributed by atoms with Crippen LogP contribution in [0.25, 0.3) is 0 Å². The molecule has 0 atom stereocenters. The van der Waals surface area contributed by atoms with Gasteiger partial charge in [0.05, 0.1) is 19.2 Å². The molecule has 0 amide bonds. The van der Waals surface area contributed by atoms with Crippen LogP contribution >= 0.6 is 11.3 Å². The number of nitrogens with one attached hydrogen (secondary N) is 1. The van der Waals surface area contributed by atoms with Crippen LogP contribution < -0.4 is 10.1 Å². The molecule has 6 heteroatoms. The molecular weight excluding hydrogens is 348 g/mol. The second kappa shape index (κ2) is 8.49. The standard InChI is InChI=1S/C20H20N2O3S/c1-14-3-5-15(6-4-14)11-19(23)25-12-17-13-26-20(22-17)21-16-7-9-18(24-2)10-8-16/h3-10,13H,11-12H2,1-2H3,(H,21,22). The Labute approximate surface area is 156 Å². The number of nitrogens with zero attached hydrogens (tertiary/aromatic N) is 1. The zero-order valence-corrected chi connectivity index (χ0v) is 15.5. The maximum absolute atomic E-state index is 12.0. The molecule has 134 valence electrons. The molecule has 0 fully saturated rings. The highest BCUT2D eigenvalue weighted by Crippen LogP contribution is 2.23. The Morgan fingerprint density at radius 3 is 2.54 bits per heavy atom. The molecule has 0 aliphatic rings. The van der Waals surface area contributed by atoms with E-state index in [0.717, 1.165) is 27.8 Å². The summed E-state index contributed by atoms with van der Waals surface area (Å²) in [6.07, 6.45) is 0.265. The summed E-state index contributed by atoms with van der Waals surface area (Å²) in [5.74, 6) is 0.544. The lowest BCUT2D eigenvalue weighted by Crippen LogP contribution is -2.08. The van der Waals surface area contributed by atoms with E-state index in [4.69, 9.17) is 9.47 Å². The number of aryl methyl sites for hydroxylation is 1. The molecule has 3 rings (SSSR count). The molecule has 0 bridgehead atoms. The average molecular weight is 368 g/mol. The second-order valence-corrected chi connectivity index (χ2v) is 6.68. The Bertz CT molecular complexity index is 858.